The number of nitrogens with two attached hydrogens (primary N) is 1. The van der Waals surface area contributed by atoms with Crippen molar-refractivity contribution < 1.29 is 14.4 Å². The van der Waals surface area contributed by atoms with Gasteiger partial charge in [-0.25, -0.2) is 0 Å². The van der Waals surface area contributed by atoms with E-state index in [2.05, 4.69) is 12.2 Å². The number of carbonyl (C=O) groups excluding carboxylic acids is 3. The second kappa shape index (κ2) is 7.81. The van der Waals surface area contributed by atoms with Crippen molar-refractivity contribution in [2.75, 3.05) is 0 Å². The van der Waals surface area contributed by atoms with Crippen LogP contribution in [0.25, 0.3) is 0 Å². The fourth-order valence-corrected chi connectivity index (χ4v) is 1.48. The molecule has 98 valence electrons. The molecule has 0 fully saturated rings. The number of carbonyl (C=O) groups is 3. The molecule has 2 atom stereocenters. The van der Waals surface area contributed by atoms with Gasteiger partial charge in [0, 0.05) is 5.92 Å². The number of hydrogen-bond donors (Lipinski definition) is 2. The van der Waals surface area contributed by atoms with E-state index < -0.39 is 17.7 Å². The smallest absolute Gasteiger partial charge is 0.287 e. The summed E-state index contributed by atoms with van der Waals surface area (Å²) < 4.78 is 0. The van der Waals surface area contributed by atoms with Crippen LogP contribution in [0.3, 0.4) is 0 Å². The van der Waals surface area contributed by atoms with E-state index in [9.17, 15) is 14.4 Å². The number of nitrogens with one attached hydrogen (secondary N) is 1. The molecule has 0 aliphatic heterocycles. The van der Waals surface area contributed by atoms with Gasteiger partial charge < -0.3 is 11.1 Å². The van der Waals surface area contributed by atoms with Gasteiger partial charge in [-0.3, -0.25) is 14.4 Å². The van der Waals surface area contributed by atoms with Crippen LogP contribution in [0.2, 0.25) is 0 Å². The van der Waals surface area contributed by atoms with E-state index in [0.717, 1.165) is 19.3 Å². The summed E-state index contributed by atoms with van der Waals surface area (Å²) in [7, 11) is 0. The average Bonchev–Trinajstić information content (AvgIpc) is 2.31. The summed E-state index contributed by atoms with van der Waals surface area (Å²) in [5.41, 5.74) is 4.90. The van der Waals surface area contributed by atoms with Crippen LogP contribution in [-0.4, -0.2) is 23.6 Å². The average molecular weight is 242 g/mol. The first-order chi connectivity index (χ1) is 7.93. The Morgan fingerprint density at radius 2 is 1.82 bits per heavy atom. The van der Waals surface area contributed by atoms with Crippen LogP contribution in [-0.2, 0) is 14.4 Å². The van der Waals surface area contributed by atoms with Gasteiger partial charge in [0.1, 0.15) is 0 Å². The van der Waals surface area contributed by atoms with Gasteiger partial charge in [-0.15, -0.1) is 0 Å². The maximum Gasteiger partial charge on any atom is 0.287 e. The molecule has 0 aromatic heterocycles. The van der Waals surface area contributed by atoms with Crippen LogP contribution in [0.1, 0.15) is 46.5 Å². The Kier molecular flexibility index (Phi) is 7.18. The lowest BCUT2D eigenvalue weighted by Gasteiger charge is -2.17. The number of Topliss-reactive ketones (excluding diaryl/α,β-unsaturated/α-hetero) is 1. The number of ketones is 1. The minimum atomic E-state index is -1.00. The van der Waals surface area contributed by atoms with Gasteiger partial charge in [0.25, 0.3) is 5.91 Å². The Morgan fingerprint density at radius 1 is 1.24 bits per heavy atom. The summed E-state index contributed by atoms with van der Waals surface area (Å²) >= 11 is 0. The summed E-state index contributed by atoms with van der Waals surface area (Å²) in [6.45, 7) is 5.59. The van der Waals surface area contributed by atoms with Crippen molar-refractivity contribution in [3.63, 3.8) is 0 Å². The van der Waals surface area contributed by atoms with Gasteiger partial charge in [-0.05, 0) is 12.8 Å². The van der Waals surface area contributed by atoms with Gasteiger partial charge in [0.15, 0.2) is 0 Å². The molecule has 0 rings (SSSR count). The first-order valence-corrected chi connectivity index (χ1v) is 6.08. The van der Waals surface area contributed by atoms with Crippen LogP contribution in [0.5, 0.6) is 0 Å². The highest BCUT2D eigenvalue weighted by Gasteiger charge is 2.24. The lowest BCUT2D eigenvalue weighted by atomic mass is 10.0. The molecule has 17 heavy (non-hydrogen) atoms. The van der Waals surface area contributed by atoms with E-state index in [4.69, 9.17) is 5.73 Å². The fourth-order valence-electron chi connectivity index (χ4n) is 1.48. The molecular formula is C12H22N2O3. The third-order valence-electron chi connectivity index (χ3n) is 2.72. The molecule has 0 saturated carbocycles. The Bertz CT molecular complexity index is 289. The van der Waals surface area contributed by atoms with Crippen LogP contribution in [0.15, 0.2) is 0 Å². The van der Waals surface area contributed by atoms with E-state index in [0.29, 0.717) is 6.42 Å². The van der Waals surface area contributed by atoms with Gasteiger partial charge in [0.05, 0.1) is 6.04 Å². The fraction of sp³-hybridized carbons (Fsp3) is 0.750. The summed E-state index contributed by atoms with van der Waals surface area (Å²) in [6.07, 6.45) is 3.14. The number of unbranched alkanes of at least 4 members (excludes halogenated alkanes) is 1. The topological polar surface area (TPSA) is 89.3 Å². The maximum absolute atomic E-state index is 11.7. The zero-order valence-electron chi connectivity index (χ0n) is 10.8. The Labute approximate surface area is 102 Å². The van der Waals surface area contributed by atoms with Crippen molar-refractivity contribution in [2.24, 2.45) is 11.7 Å². The van der Waals surface area contributed by atoms with Crippen molar-refractivity contribution >= 4 is 17.6 Å². The highest BCUT2D eigenvalue weighted by atomic mass is 16.2. The SMILES string of the molecule is CCCCC(C)C(=O)NC(CC)C(=O)C(N)=O. The Hall–Kier alpha value is -1.39. The summed E-state index contributed by atoms with van der Waals surface area (Å²) in [5, 5.41) is 2.57. The Morgan fingerprint density at radius 3 is 2.24 bits per heavy atom. The van der Waals surface area contributed by atoms with E-state index in [1.54, 1.807) is 6.92 Å². The largest absolute Gasteiger partial charge is 0.363 e. The minimum Gasteiger partial charge on any atom is -0.363 e. The normalized spacial score (nSPS) is 13.8. The zero-order valence-corrected chi connectivity index (χ0v) is 10.8. The van der Waals surface area contributed by atoms with E-state index >= 15 is 0 Å². The lowest BCUT2D eigenvalue weighted by Crippen LogP contribution is -2.47. The van der Waals surface area contributed by atoms with Crippen LogP contribution >= 0.6 is 0 Å². The number of rotatable bonds is 8. The molecule has 0 aromatic carbocycles. The highest BCUT2D eigenvalue weighted by molar-refractivity contribution is 6.37. The van der Waals surface area contributed by atoms with Crippen molar-refractivity contribution in [3.8, 4) is 0 Å². The van der Waals surface area contributed by atoms with Crippen LogP contribution < -0.4 is 11.1 Å². The molecule has 0 heterocycles. The zero-order chi connectivity index (χ0) is 13.4. The maximum atomic E-state index is 11.7. The second-order valence-corrected chi connectivity index (χ2v) is 4.24. The molecule has 0 aromatic rings. The monoisotopic (exact) mass is 242 g/mol. The predicted molar refractivity (Wildman–Crippen MR) is 65.1 cm³/mol. The Balaban J connectivity index is 4.32. The van der Waals surface area contributed by atoms with Gasteiger partial charge in [0.2, 0.25) is 11.7 Å². The molecule has 2 unspecified atom stereocenters. The summed E-state index contributed by atoms with van der Waals surface area (Å²) in [6, 6.07) is -0.788. The standard InChI is InChI=1S/C12H22N2O3/c1-4-6-7-8(3)12(17)14-9(5-2)10(15)11(13)16/h8-9H,4-7H2,1-3H3,(H2,13,16)(H,14,17). The molecule has 5 heteroatoms. The molecule has 0 saturated heterocycles. The van der Waals surface area contributed by atoms with Crippen LogP contribution in [0.4, 0.5) is 0 Å². The molecule has 0 aliphatic carbocycles. The lowest BCUT2D eigenvalue weighted by molar-refractivity contribution is -0.138. The number of amides is 2. The third kappa shape index (κ3) is 5.47. The van der Waals surface area contributed by atoms with Gasteiger partial charge >= 0.3 is 0 Å². The molecule has 0 bridgehead atoms. The van der Waals surface area contributed by atoms with Crippen molar-refractivity contribution in [2.45, 2.75) is 52.5 Å². The molecule has 3 N–H and O–H groups in total. The van der Waals surface area contributed by atoms with Gasteiger partial charge in [-0.1, -0.05) is 33.6 Å². The number of hydrogen-bond acceptors (Lipinski definition) is 3. The summed E-state index contributed by atoms with van der Waals surface area (Å²) in [4.78, 5) is 33.8. The molecule has 0 spiro atoms. The van der Waals surface area contributed by atoms with Gasteiger partial charge in [-0.2, -0.15) is 0 Å². The molecule has 5 nitrogen and oxygen atoms in total. The van der Waals surface area contributed by atoms with Crippen molar-refractivity contribution in [1.29, 1.82) is 0 Å². The van der Waals surface area contributed by atoms with E-state index in [1.165, 1.54) is 0 Å². The second-order valence-electron chi connectivity index (χ2n) is 4.24. The van der Waals surface area contributed by atoms with Crippen LogP contribution in [0, 0.1) is 5.92 Å². The third-order valence-corrected chi connectivity index (χ3v) is 2.72. The first kappa shape index (κ1) is 15.6. The molecule has 0 radical (unpaired) electrons. The first-order valence-electron chi connectivity index (χ1n) is 6.08. The quantitative estimate of drug-likeness (QED) is 0.616. The summed E-state index contributed by atoms with van der Waals surface area (Å²) in [5.74, 6) is -2.08. The minimum absolute atomic E-state index is 0.148. The van der Waals surface area contributed by atoms with E-state index in [1.807, 2.05) is 6.92 Å². The number of primary amides is 1. The van der Waals surface area contributed by atoms with Crippen molar-refractivity contribution in [3.05, 3.63) is 0 Å². The van der Waals surface area contributed by atoms with E-state index in [-0.39, 0.29) is 11.8 Å². The molecule has 2 amide bonds. The highest BCUT2D eigenvalue weighted by Crippen LogP contribution is 2.08. The van der Waals surface area contributed by atoms with Crippen molar-refractivity contribution in [1.82, 2.24) is 5.32 Å². The molecular weight excluding hydrogens is 220 g/mol. The molecule has 0 aliphatic rings. The predicted octanol–water partition coefficient (Wildman–Crippen LogP) is 0.762.